The third kappa shape index (κ3) is 3.37. The molecule has 0 unspecified atom stereocenters. The molecule has 1 amide bonds. The van der Waals surface area contributed by atoms with Gasteiger partial charge in [-0.1, -0.05) is 12.1 Å². The van der Waals surface area contributed by atoms with Crippen molar-refractivity contribution < 1.29 is 4.79 Å². The third-order valence-corrected chi connectivity index (χ3v) is 3.19. The van der Waals surface area contributed by atoms with Crippen LogP contribution in [-0.2, 0) is 4.79 Å². The summed E-state index contributed by atoms with van der Waals surface area (Å²) in [5.74, 6) is 0.508. The molecular weight excluding hydrogens is 292 g/mol. The highest BCUT2D eigenvalue weighted by Gasteiger charge is 2.28. The molecule has 3 rings (SSSR count). The molecule has 8 heteroatoms. The van der Waals surface area contributed by atoms with Crippen LogP contribution in [0.15, 0.2) is 24.3 Å². The Morgan fingerprint density at radius 1 is 1.48 bits per heavy atom. The lowest BCUT2D eigenvalue weighted by Gasteiger charge is -2.09. The molecule has 1 fully saturated rings. The van der Waals surface area contributed by atoms with E-state index in [4.69, 9.17) is 5.73 Å². The second-order valence-corrected chi connectivity index (χ2v) is 5.04. The summed E-state index contributed by atoms with van der Waals surface area (Å²) in [5.41, 5.74) is 7.11. The first-order chi connectivity index (χ1) is 9.65. The fraction of sp³-hybridized carbons (Fsp3) is 0.385. The second-order valence-electron chi connectivity index (χ2n) is 5.04. The molecular formula is C13H17ClN6O. The molecule has 3 N–H and O–H groups in total. The molecule has 1 aliphatic carbocycles. The number of hydrogen-bond donors (Lipinski definition) is 2. The van der Waals surface area contributed by atoms with Crippen LogP contribution in [-0.4, -0.2) is 32.2 Å². The van der Waals surface area contributed by atoms with Gasteiger partial charge in [0.15, 0.2) is 5.82 Å². The third-order valence-electron chi connectivity index (χ3n) is 3.19. The minimum absolute atomic E-state index is 0. The monoisotopic (exact) mass is 308 g/mol. The Balaban J connectivity index is 0.00000161. The summed E-state index contributed by atoms with van der Waals surface area (Å²) in [5, 5.41) is 14.6. The Labute approximate surface area is 128 Å². The van der Waals surface area contributed by atoms with Gasteiger partial charge in [-0.15, -0.1) is 17.5 Å². The molecule has 0 aliphatic heterocycles. The van der Waals surface area contributed by atoms with E-state index in [1.54, 1.807) is 6.92 Å². The number of anilines is 1. The van der Waals surface area contributed by atoms with Gasteiger partial charge in [0.25, 0.3) is 0 Å². The standard InChI is InChI=1S/C13H16N6O.ClH/c1-8(14)13(20)15-10-4-2-3-9(7-10)12-16-17-18-19(12)11-5-6-11;/h2-4,7-8,11H,5-6,14H2,1H3,(H,15,20);1H/t8-;/m1./s1. The number of benzene rings is 1. The number of nitrogens with two attached hydrogens (primary N) is 1. The molecule has 21 heavy (non-hydrogen) atoms. The van der Waals surface area contributed by atoms with Gasteiger partial charge in [0, 0.05) is 11.3 Å². The van der Waals surface area contributed by atoms with Crippen molar-refractivity contribution in [3.63, 3.8) is 0 Å². The van der Waals surface area contributed by atoms with Crippen LogP contribution in [0.1, 0.15) is 25.8 Å². The zero-order valence-corrected chi connectivity index (χ0v) is 12.4. The number of tetrazole rings is 1. The topological polar surface area (TPSA) is 98.7 Å². The fourth-order valence-corrected chi connectivity index (χ4v) is 1.94. The van der Waals surface area contributed by atoms with Gasteiger partial charge in [-0.05, 0) is 42.3 Å². The van der Waals surface area contributed by atoms with Gasteiger partial charge < -0.3 is 11.1 Å². The minimum atomic E-state index is -0.546. The van der Waals surface area contributed by atoms with Crippen LogP contribution in [0.25, 0.3) is 11.4 Å². The number of carbonyl (C=O) groups excluding carboxylic acids is 1. The molecule has 7 nitrogen and oxygen atoms in total. The highest BCUT2D eigenvalue weighted by Crippen LogP contribution is 2.36. The highest BCUT2D eigenvalue weighted by atomic mass is 35.5. The number of nitrogens with one attached hydrogen (secondary N) is 1. The van der Waals surface area contributed by atoms with Gasteiger partial charge in [-0.3, -0.25) is 4.79 Å². The van der Waals surface area contributed by atoms with E-state index >= 15 is 0 Å². The Morgan fingerprint density at radius 2 is 2.24 bits per heavy atom. The van der Waals surface area contributed by atoms with E-state index in [2.05, 4.69) is 20.8 Å². The zero-order valence-electron chi connectivity index (χ0n) is 11.6. The average Bonchev–Trinajstić information content (AvgIpc) is 3.16. The van der Waals surface area contributed by atoms with Gasteiger partial charge in [-0.2, -0.15) is 0 Å². The van der Waals surface area contributed by atoms with Crippen molar-refractivity contribution in [1.82, 2.24) is 20.2 Å². The molecule has 1 saturated carbocycles. The lowest BCUT2D eigenvalue weighted by molar-refractivity contribution is -0.117. The second kappa shape index (κ2) is 6.19. The highest BCUT2D eigenvalue weighted by molar-refractivity contribution is 5.94. The zero-order chi connectivity index (χ0) is 14.1. The van der Waals surface area contributed by atoms with Gasteiger partial charge in [0.1, 0.15) is 0 Å². The summed E-state index contributed by atoms with van der Waals surface area (Å²) >= 11 is 0. The van der Waals surface area contributed by atoms with E-state index in [0.717, 1.165) is 24.2 Å². The molecule has 1 aromatic heterocycles. The summed E-state index contributed by atoms with van der Waals surface area (Å²) in [4.78, 5) is 11.6. The predicted molar refractivity (Wildman–Crippen MR) is 81.1 cm³/mol. The molecule has 1 atom stereocenters. The number of amides is 1. The number of hydrogen-bond acceptors (Lipinski definition) is 5. The van der Waals surface area contributed by atoms with Crippen LogP contribution in [0.2, 0.25) is 0 Å². The summed E-state index contributed by atoms with van der Waals surface area (Å²) in [6.45, 7) is 1.65. The molecule has 1 aromatic carbocycles. The first-order valence-corrected chi connectivity index (χ1v) is 6.60. The van der Waals surface area contributed by atoms with Crippen molar-refractivity contribution >= 4 is 24.0 Å². The van der Waals surface area contributed by atoms with E-state index < -0.39 is 6.04 Å². The van der Waals surface area contributed by atoms with Crippen LogP contribution in [0, 0.1) is 0 Å². The van der Waals surface area contributed by atoms with Crippen molar-refractivity contribution in [3.05, 3.63) is 24.3 Å². The van der Waals surface area contributed by atoms with Gasteiger partial charge in [-0.25, -0.2) is 4.68 Å². The number of aromatic nitrogens is 4. The molecule has 2 aromatic rings. The van der Waals surface area contributed by atoms with Crippen LogP contribution >= 0.6 is 12.4 Å². The SMILES string of the molecule is C[C@@H](N)C(=O)Nc1cccc(-c2nnnn2C2CC2)c1.Cl. The average molecular weight is 309 g/mol. The first-order valence-electron chi connectivity index (χ1n) is 6.60. The Hall–Kier alpha value is -1.99. The Bertz CT molecular complexity index is 637. The molecule has 0 bridgehead atoms. The van der Waals surface area contributed by atoms with E-state index in [0.29, 0.717) is 11.7 Å². The van der Waals surface area contributed by atoms with Crippen LogP contribution < -0.4 is 11.1 Å². The Kier molecular flexibility index (Phi) is 4.54. The van der Waals surface area contributed by atoms with Gasteiger partial charge >= 0.3 is 0 Å². The molecule has 112 valence electrons. The maximum Gasteiger partial charge on any atom is 0.240 e. The van der Waals surface area contributed by atoms with Crippen molar-refractivity contribution in [2.24, 2.45) is 5.73 Å². The maximum atomic E-state index is 11.6. The molecule has 0 radical (unpaired) electrons. The van der Waals surface area contributed by atoms with Crippen molar-refractivity contribution in [1.29, 1.82) is 0 Å². The van der Waals surface area contributed by atoms with E-state index in [-0.39, 0.29) is 18.3 Å². The van der Waals surface area contributed by atoms with Crippen molar-refractivity contribution in [2.75, 3.05) is 5.32 Å². The quantitative estimate of drug-likeness (QED) is 0.889. The normalized spacial score (nSPS) is 15.1. The summed E-state index contributed by atoms with van der Waals surface area (Å²) in [7, 11) is 0. The molecule has 1 aliphatic rings. The number of carbonyl (C=O) groups is 1. The van der Waals surface area contributed by atoms with Crippen LogP contribution in [0.3, 0.4) is 0 Å². The molecule has 0 spiro atoms. The predicted octanol–water partition coefficient (Wildman–Crippen LogP) is 1.38. The smallest absolute Gasteiger partial charge is 0.240 e. The summed E-state index contributed by atoms with van der Waals surface area (Å²) in [6, 6.07) is 7.31. The van der Waals surface area contributed by atoms with Crippen LogP contribution in [0.5, 0.6) is 0 Å². The van der Waals surface area contributed by atoms with Crippen LogP contribution in [0.4, 0.5) is 5.69 Å². The van der Waals surface area contributed by atoms with Crippen molar-refractivity contribution in [2.45, 2.75) is 31.8 Å². The molecule has 1 heterocycles. The summed E-state index contributed by atoms with van der Waals surface area (Å²) in [6.07, 6.45) is 2.22. The van der Waals surface area contributed by atoms with Gasteiger partial charge in [0.05, 0.1) is 12.1 Å². The lowest BCUT2D eigenvalue weighted by atomic mass is 10.2. The maximum absolute atomic E-state index is 11.6. The van der Waals surface area contributed by atoms with Crippen molar-refractivity contribution in [3.8, 4) is 11.4 Å². The minimum Gasteiger partial charge on any atom is -0.325 e. The Morgan fingerprint density at radius 3 is 2.90 bits per heavy atom. The van der Waals surface area contributed by atoms with E-state index in [1.807, 2.05) is 28.9 Å². The first kappa shape index (κ1) is 15.4. The molecule has 0 saturated heterocycles. The van der Waals surface area contributed by atoms with E-state index in [1.165, 1.54) is 0 Å². The fourth-order valence-electron chi connectivity index (χ4n) is 1.94. The number of rotatable bonds is 4. The largest absolute Gasteiger partial charge is 0.325 e. The number of halogens is 1. The lowest BCUT2D eigenvalue weighted by Crippen LogP contribution is -2.32. The number of nitrogens with zero attached hydrogens (tertiary/aromatic N) is 4. The van der Waals surface area contributed by atoms with Gasteiger partial charge in [0.2, 0.25) is 5.91 Å². The van der Waals surface area contributed by atoms with E-state index in [9.17, 15) is 4.79 Å². The summed E-state index contributed by atoms with van der Waals surface area (Å²) < 4.78 is 1.84.